The molecule has 2 amide bonds. The number of anilines is 1. The third kappa shape index (κ3) is 4.70. The Hall–Kier alpha value is -2.76. The molecule has 0 unspecified atom stereocenters. The maximum Gasteiger partial charge on any atom is 0.271 e. The molecule has 6 heteroatoms. The lowest BCUT2D eigenvalue weighted by Crippen LogP contribution is -2.42. The summed E-state index contributed by atoms with van der Waals surface area (Å²) >= 11 is 0. The molecule has 1 aliphatic carbocycles. The van der Waals surface area contributed by atoms with Gasteiger partial charge < -0.3 is 10.6 Å². The Kier molecular flexibility index (Phi) is 5.84. The molecule has 2 atom stereocenters. The maximum absolute atomic E-state index is 12.8. The molecule has 2 aromatic rings. The van der Waals surface area contributed by atoms with Crippen LogP contribution < -0.4 is 10.6 Å². The fraction of sp³-hybridized carbons (Fsp3) is 0.429. The summed E-state index contributed by atoms with van der Waals surface area (Å²) < 4.78 is 0. The standard InChI is InChI=1S/C21H26N4O2/c1-13(2)15-6-4-7-16(10-15)24-20(26)17-8-5-9-18(17)25-21(27)19-12-22-14(3)11-23-19/h4,6-7,10-13,17-18H,5,8-9H2,1-3H3,(H,24,26)(H,25,27)/t17-,18+/m0/s1. The highest BCUT2D eigenvalue weighted by atomic mass is 16.2. The zero-order chi connectivity index (χ0) is 19.4. The summed E-state index contributed by atoms with van der Waals surface area (Å²) in [6.45, 7) is 6.06. The van der Waals surface area contributed by atoms with Crippen molar-refractivity contribution in [2.45, 2.75) is 52.0 Å². The van der Waals surface area contributed by atoms with Gasteiger partial charge in [-0.05, 0) is 43.4 Å². The molecule has 142 valence electrons. The summed E-state index contributed by atoms with van der Waals surface area (Å²) in [7, 11) is 0. The molecule has 6 nitrogen and oxygen atoms in total. The van der Waals surface area contributed by atoms with Gasteiger partial charge in [0.1, 0.15) is 5.69 Å². The zero-order valence-corrected chi connectivity index (χ0v) is 16.0. The summed E-state index contributed by atoms with van der Waals surface area (Å²) in [6.07, 6.45) is 5.49. The average molecular weight is 366 g/mol. The van der Waals surface area contributed by atoms with Crippen LogP contribution in [0.4, 0.5) is 5.69 Å². The molecule has 1 aliphatic rings. The van der Waals surface area contributed by atoms with Crippen LogP contribution in [0.1, 0.15) is 60.8 Å². The highest BCUT2D eigenvalue weighted by molar-refractivity contribution is 5.95. The van der Waals surface area contributed by atoms with E-state index < -0.39 is 0 Å². The molecule has 0 aliphatic heterocycles. The lowest BCUT2D eigenvalue weighted by Gasteiger charge is -2.20. The van der Waals surface area contributed by atoms with Crippen LogP contribution >= 0.6 is 0 Å². The lowest BCUT2D eigenvalue weighted by molar-refractivity contribution is -0.120. The van der Waals surface area contributed by atoms with Crippen LogP contribution in [0, 0.1) is 12.8 Å². The van der Waals surface area contributed by atoms with Gasteiger partial charge in [0.25, 0.3) is 5.91 Å². The fourth-order valence-corrected chi connectivity index (χ4v) is 3.41. The van der Waals surface area contributed by atoms with Gasteiger partial charge in [-0.2, -0.15) is 0 Å². The number of nitrogens with one attached hydrogen (secondary N) is 2. The summed E-state index contributed by atoms with van der Waals surface area (Å²) in [5.41, 5.74) is 3.01. The predicted molar refractivity (Wildman–Crippen MR) is 105 cm³/mol. The smallest absolute Gasteiger partial charge is 0.271 e. The average Bonchev–Trinajstić information content (AvgIpc) is 3.10. The van der Waals surface area contributed by atoms with Crippen LogP contribution in [0.15, 0.2) is 36.7 Å². The van der Waals surface area contributed by atoms with Gasteiger partial charge in [0.05, 0.1) is 17.8 Å². The molecule has 3 rings (SSSR count). The van der Waals surface area contributed by atoms with E-state index in [1.54, 1.807) is 6.20 Å². The largest absolute Gasteiger partial charge is 0.347 e. The minimum absolute atomic E-state index is 0.0475. The van der Waals surface area contributed by atoms with Gasteiger partial charge in [-0.3, -0.25) is 14.6 Å². The Balaban J connectivity index is 1.65. The van der Waals surface area contributed by atoms with Gasteiger partial charge in [-0.1, -0.05) is 32.4 Å². The van der Waals surface area contributed by atoms with Crippen molar-refractivity contribution in [2.75, 3.05) is 5.32 Å². The van der Waals surface area contributed by atoms with Crippen molar-refractivity contribution in [3.05, 3.63) is 53.6 Å². The molecule has 0 spiro atoms. The first-order valence-corrected chi connectivity index (χ1v) is 9.44. The normalized spacial score (nSPS) is 19.1. The van der Waals surface area contributed by atoms with E-state index in [0.717, 1.165) is 30.6 Å². The van der Waals surface area contributed by atoms with Crippen molar-refractivity contribution in [3.8, 4) is 0 Å². The number of nitrogens with zero attached hydrogens (tertiary/aromatic N) is 2. The first-order valence-electron chi connectivity index (χ1n) is 9.44. The summed E-state index contributed by atoms with van der Waals surface area (Å²) in [5, 5.41) is 5.97. The Bertz CT molecular complexity index is 817. The summed E-state index contributed by atoms with van der Waals surface area (Å²) in [4.78, 5) is 33.4. The van der Waals surface area contributed by atoms with Crippen LogP contribution in [0.2, 0.25) is 0 Å². The summed E-state index contributed by atoms with van der Waals surface area (Å²) in [6, 6.07) is 7.73. The molecule has 27 heavy (non-hydrogen) atoms. The summed E-state index contributed by atoms with van der Waals surface area (Å²) in [5.74, 6) is -0.172. The molecule has 2 N–H and O–H groups in total. The highest BCUT2D eigenvalue weighted by Crippen LogP contribution is 2.28. The minimum atomic E-state index is -0.283. The zero-order valence-electron chi connectivity index (χ0n) is 16.0. The molecular formula is C21H26N4O2. The van der Waals surface area contributed by atoms with Crippen LogP contribution in [-0.2, 0) is 4.79 Å². The Morgan fingerprint density at radius 3 is 2.67 bits per heavy atom. The second-order valence-corrected chi connectivity index (χ2v) is 7.43. The SMILES string of the molecule is Cc1cnc(C(=O)N[C@@H]2CCC[C@@H]2C(=O)Nc2cccc(C(C)C)c2)cn1. The van der Waals surface area contributed by atoms with Gasteiger partial charge in [0, 0.05) is 17.9 Å². The topological polar surface area (TPSA) is 84.0 Å². The van der Waals surface area contributed by atoms with E-state index in [-0.39, 0.29) is 29.5 Å². The quantitative estimate of drug-likeness (QED) is 0.849. The minimum Gasteiger partial charge on any atom is -0.347 e. The molecule has 1 aromatic carbocycles. The molecule has 0 bridgehead atoms. The van der Waals surface area contributed by atoms with Crippen molar-refractivity contribution in [3.63, 3.8) is 0 Å². The number of rotatable bonds is 5. The number of aromatic nitrogens is 2. The van der Waals surface area contributed by atoms with Crippen LogP contribution in [0.5, 0.6) is 0 Å². The highest BCUT2D eigenvalue weighted by Gasteiger charge is 2.34. The molecule has 1 heterocycles. The van der Waals surface area contributed by atoms with Crippen LogP contribution in [0.25, 0.3) is 0 Å². The van der Waals surface area contributed by atoms with Crippen molar-refractivity contribution in [1.29, 1.82) is 0 Å². The van der Waals surface area contributed by atoms with Crippen LogP contribution in [-0.4, -0.2) is 27.8 Å². The predicted octanol–water partition coefficient (Wildman–Crippen LogP) is 3.45. The number of carbonyl (C=O) groups excluding carboxylic acids is 2. The molecule has 1 fully saturated rings. The molecule has 0 saturated heterocycles. The Labute approximate surface area is 159 Å². The second-order valence-electron chi connectivity index (χ2n) is 7.43. The number of amides is 2. The third-order valence-electron chi connectivity index (χ3n) is 5.00. The van der Waals surface area contributed by atoms with E-state index in [0.29, 0.717) is 5.92 Å². The van der Waals surface area contributed by atoms with Crippen molar-refractivity contribution < 1.29 is 9.59 Å². The van der Waals surface area contributed by atoms with Gasteiger partial charge in [-0.25, -0.2) is 4.98 Å². The van der Waals surface area contributed by atoms with Gasteiger partial charge in [0.2, 0.25) is 5.91 Å². The van der Waals surface area contributed by atoms with Crippen LogP contribution in [0.3, 0.4) is 0 Å². The molecule has 1 saturated carbocycles. The van der Waals surface area contributed by atoms with E-state index >= 15 is 0 Å². The first-order chi connectivity index (χ1) is 12.9. The van der Waals surface area contributed by atoms with E-state index in [2.05, 4.69) is 40.5 Å². The number of benzene rings is 1. The van der Waals surface area contributed by atoms with Crippen molar-refractivity contribution >= 4 is 17.5 Å². The van der Waals surface area contributed by atoms with E-state index in [9.17, 15) is 9.59 Å². The Morgan fingerprint density at radius 1 is 1.15 bits per heavy atom. The van der Waals surface area contributed by atoms with Crippen molar-refractivity contribution in [2.24, 2.45) is 5.92 Å². The van der Waals surface area contributed by atoms with E-state index in [4.69, 9.17) is 0 Å². The number of aryl methyl sites for hydroxylation is 1. The molecular weight excluding hydrogens is 340 g/mol. The first kappa shape index (κ1) is 19.0. The van der Waals surface area contributed by atoms with Gasteiger partial charge >= 0.3 is 0 Å². The number of hydrogen-bond acceptors (Lipinski definition) is 4. The molecule has 1 aromatic heterocycles. The van der Waals surface area contributed by atoms with Gasteiger partial charge in [0.15, 0.2) is 0 Å². The molecule has 0 radical (unpaired) electrons. The Morgan fingerprint density at radius 2 is 1.96 bits per heavy atom. The van der Waals surface area contributed by atoms with Crippen molar-refractivity contribution in [1.82, 2.24) is 15.3 Å². The fourth-order valence-electron chi connectivity index (χ4n) is 3.41. The maximum atomic E-state index is 12.8. The number of carbonyl (C=O) groups is 2. The van der Waals surface area contributed by atoms with E-state index in [1.165, 1.54) is 11.8 Å². The van der Waals surface area contributed by atoms with E-state index in [1.807, 2.05) is 25.1 Å². The third-order valence-corrected chi connectivity index (χ3v) is 5.00. The second kappa shape index (κ2) is 8.29. The monoisotopic (exact) mass is 366 g/mol. The van der Waals surface area contributed by atoms with Gasteiger partial charge in [-0.15, -0.1) is 0 Å². The number of hydrogen-bond donors (Lipinski definition) is 2. The lowest BCUT2D eigenvalue weighted by atomic mass is 10.0.